The van der Waals surface area contributed by atoms with Crippen molar-refractivity contribution in [3.05, 3.63) is 51.5 Å². The van der Waals surface area contributed by atoms with Crippen molar-refractivity contribution in [1.29, 1.82) is 0 Å². The quantitative estimate of drug-likeness (QED) is 0.833. The predicted molar refractivity (Wildman–Crippen MR) is 90.5 cm³/mol. The average molecular weight is 314 g/mol. The number of rotatable bonds is 2. The van der Waals surface area contributed by atoms with Gasteiger partial charge in [-0.15, -0.1) is 11.3 Å². The summed E-state index contributed by atoms with van der Waals surface area (Å²) in [4.78, 5) is 20.4. The fourth-order valence-corrected chi connectivity index (χ4v) is 4.43. The van der Waals surface area contributed by atoms with Gasteiger partial charge in [-0.05, 0) is 39.7 Å². The summed E-state index contributed by atoms with van der Waals surface area (Å²) in [7, 11) is 0. The van der Waals surface area contributed by atoms with Crippen LogP contribution in [0, 0.1) is 13.8 Å². The minimum absolute atomic E-state index is 0.0836. The van der Waals surface area contributed by atoms with Gasteiger partial charge in [0.1, 0.15) is 5.69 Å². The highest BCUT2D eigenvalue weighted by atomic mass is 32.1. The molecule has 1 aromatic heterocycles. The van der Waals surface area contributed by atoms with E-state index in [1.165, 1.54) is 5.56 Å². The number of hydrogen-bond donors (Lipinski definition) is 0. The van der Waals surface area contributed by atoms with E-state index >= 15 is 0 Å². The highest BCUT2D eigenvalue weighted by Crippen LogP contribution is 2.38. The molecular weight excluding hydrogens is 292 g/mol. The van der Waals surface area contributed by atoms with E-state index in [4.69, 9.17) is 0 Å². The van der Waals surface area contributed by atoms with Gasteiger partial charge in [0, 0.05) is 22.9 Å². The van der Waals surface area contributed by atoms with E-state index in [1.807, 2.05) is 24.8 Å². The summed E-state index contributed by atoms with van der Waals surface area (Å²) >= 11 is 1.60. The Labute approximate surface area is 136 Å². The summed E-state index contributed by atoms with van der Waals surface area (Å²) in [6, 6.07) is 11.0. The molecule has 0 aliphatic carbocycles. The Morgan fingerprint density at radius 1 is 1.23 bits per heavy atom. The third-order valence-electron chi connectivity index (χ3n) is 4.66. The normalized spacial score (nSPS) is 24.7. The minimum Gasteiger partial charge on any atom is -0.331 e. The summed E-state index contributed by atoms with van der Waals surface area (Å²) in [5.74, 6) is 0.487. The fraction of sp³-hybridized carbons (Fsp3) is 0.444. The number of aromatic nitrogens is 1. The Morgan fingerprint density at radius 2 is 1.91 bits per heavy atom. The van der Waals surface area contributed by atoms with Gasteiger partial charge in [-0.3, -0.25) is 4.79 Å². The van der Waals surface area contributed by atoms with Crippen molar-refractivity contribution < 1.29 is 4.79 Å². The first kappa shape index (κ1) is 15.2. The Bertz CT molecular complexity index is 680. The van der Waals surface area contributed by atoms with Crippen LogP contribution >= 0.6 is 11.3 Å². The molecule has 0 bridgehead atoms. The zero-order chi connectivity index (χ0) is 15.9. The molecule has 3 rings (SSSR count). The second kappa shape index (κ2) is 5.84. The summed E-state index contributed by atoms with van der Waals surface area (Å²) in [5, 5.41) is 0.958. The van der Waals surface area contributed by atoms with Gasteiger partial charge in [-0.2, -0.15) is 0 Å². The Kier molecular flexibility index (Phi) is 4.04. The van der Waals surface area contributed by atoms with Crippen LogP contribution in [0.25, 0.3) is 0 Å². The molecule has 1 aliphatic rings. The maximum absolute atomic E-state index is 12.9. The number of benzene rings is 1. The second-order valence-corrected chi connectivity index (χ2v) is 7.60. The molecule has 1 aromatic carbocycles. The number of likely N-dealkylation sites (tertiary alicyclic amines) is 1. The first-order valence-corrected chi connectivity index (χ1v) is 8.62. The zero-order valence-corrected chi connectivity index (χ0v) is 14.4. The van der Waals surface area contributed by atoms with Crippen molar-refractivity contribution >= 4 is 17.2 Å². The van der Waals surface area contributed by atoms with Gasteiger partial charge >= 0.3 is 0 Å². The topological polar surface area (TPSA) is 33.2 Å². The molecule has 2 aromatic rings. The molecule has 0 saturated carbocycles. The van der Waals surface area contributed by atoms with Crippen molar-refractivity contribution in [2.24, 2.45) is 0 Å². The van der Waals surface area contributed by atoms with E-state index in [0.29, 0.717) is 11.6 Å². The first-order valence-electron chi connectivity index (χ1n) is 7.80. The number of carbonyl (C=O) groups excluding carboxylic acids is 1. The minimum atomic E-state index is 0.0836. The van der Waals surface area contributed by atoms with Crippen LogP contribution in [0.3, 0.4) is 0 Å². The van der Waals surface area contributed by atoms with Gasteiger partial charge in [0.2, 0.25) is 0 Å². The predicted octanol–water partition coefficient (Wildman–Crippen LogP) is 4.17. The standard InChI is InChI=1S/C18H22N2OS/c1-11-10-16(15-8-6-5-7-9-15)12(2)20(11)18(21)17-13(3)22-14(4)19-17/h5-9,11-12,16H,10H2,1-4H3/t11-,12+,16+/m1/s1. The van der Waals surface area contributed by atoms with Gasteiger partial charge in [0.05, 0.1) is 5.01 Å². The van der Waals surface area contributed by atoms with Crippen LogP contribution in [0.5, 0.6) is 0 Å². The van der Waals surface area contributed by atoms with Crippen LogP contribution < -0.4 is 0 Å². The number of thiazole rings is 1. The van der Waals surface area contributed by atoms with Crippen LogP contribution in [0.2, 0.25) is 0 Å². The zero-order valence-electron chi connectivity index (χ0n) is 13.5. The molecule has 3 nitrogen and oxygen atoms in total. The van der Waals surface area contributed by atoms with Gasteiger partial charge in [0.15, 0.2) is 0 Å². The van der Waals surface area contributed by atoms with Gasteiger partial charge < -0.3 is 4.90 Å². The van der Waals surface area contributed by atoms with Crippen LogP contribution in [-0.4, -0.2) is 27.9 Å². The number of hydrogen-bond acceptors (Lipinski definition) is 3. The SMILES string of the molecule is Cc1nc(C(=O)N2[C@H](C)C[C@H](c3ccccc3)[C@@H]2C)c(C)s1. The molecule has 3 atom stereocenters. The van der Waals surface area contributed by atoms with Crippen LogP contribution in [0.4, 0.5) is 0 Å². The summed E-state index contributed by atoms with van der Waals surface area (Å²) in [5.41, 5.74) is 1.96. The monoisotopic (exact) mass is 314 g/mol. The van der Waals surface area contributed by atoms with E-state index in [1.54, 1.807) is 11.3 Å². The molecule has 1 aliphatic heterocycles. The number of nitrogens with zero attached hydrogens (tertiary/aromatic N) is 2. The van der Waals surface area contributed by atoms with Crippen LogP contribution in [0.1, 0.15) is 52.1 Å². The van der Waals surface area contributed by atoms with Crippen molar-refractivity contribution in [2.45, 2.75) is 52.1 Å². The maximum atomic E-state index is 12.9. The molecule has 0 N–H and O–H groups in total. The van der Waals surface area contributed by atoms with E-state index < -0.39 is 0 Å². The summed E-state index contributed by atoms with van der Waals surface area (Å²) < 4.78 is 0. The van der Waals surface area contributed by atoms with E-state index in [-0.39, 0.29) is 18.0 Å². The Morgan fingerprint density at radius 3 is 2.50 bits per heavy atom. The Balaban J connectivity index is 1.88. The molecular formula is C18H22N2OS. The highest BCUT2D eigenvalue weighted by Gasteiger charge is 2.40. The highest BCUT2D eigenvalue weighted by molar-refractivity contribution is 7.11. The van der Waals surface area contributed by atoms with E-state index in [0.717, 1.165) is 16.3 Å². The Hall–Kier alpha value is -1.68. The number of amides is 1. The number of aryl methyl sites for hydroxylation is 2. The molecule has 1 amide bonds. The lowest BCUT2D eigenvalue weighted by Gasteiger charge is -2.27. The third kappa shape index (κ3) is 2.56. The lowest BCUT2D eigenvalue weighted by molar-refractivity contribution is 0.0682. The van der Waals surface area contributed by atoms with Gasteiger partial charge in [0.25, 0.3) is 5.91 Å². The molecule has 116 valence electrons. The molecule has 4 heteroatoms. The first-order chi connectivity index (χ1) is 10.5. The lowest BCUT2D eigenvalue weighted by atomic mass is 9.92. The van der Waals surface area contributed by atoms with E-state index in [9.17, 15) is 4.79 Å². The molecule has 2 heterocycles. The molecule has 0 unspecified atom stereocenters. The largest absolute Gasteiger partial charge is 0.331 e. The van der Waals surface area contributed by atoms with Crippen molar-refractivity contribution in [3.8, 4) is 0 Å². The smallest absolute Gasteiger partial charge is 0.274 e. The van der Waals surface area contributed by atoms with Gasteiger partial charge in [-0.1, -0.05) is 30.3 Å². The molecule has 0 spiro atoms. The van der Waals surface area contributed by atoms with Crippen molar-refractivity contribution in [2.75, 3.05) is 0 Å². The van der Waals surface area contributed by atoms with Gasteiger partial charge in [-0.25, -0.2) is 4.98 Å². The molecule has 1 fully saturated rings. The lowest BCUT2D eigenvalue weighted by Crippen LogP contribution is -2.40. The van der Waals surface area contributed by atoms with Crippen molar-refractivity contribution in [3.63, 3.8) is 0 Å². The molecule has 0 radical (unpaired) electrons. The van der Waals surface area contributed by atoms with Crippen LogP contribution in [0.15, 0.2) is 30.3 Å². The summed E-state index contributed by atoms with van der Waals surface area (Å²) in [6.45, 7) is 8.25. The third-order valence-corrected chi connectivity index (χ3v) is 5.55. The summed E-state index contributed by atoms with van der Waals surface area (Å²) in [6.07, 6.45) is 1.01. The second-order valence-electron chi connectivity index (χ2n) is 6.19. The average Bonchev–Trinajstić information content (AvgIpc) is 2.98. The molecule has 22 heavy (non-hydrogen) atoms. The van der Waals surface area contributed by atoms with E-state index in [2.05, 4.69) is 43.1 Å². The number of carbonyl (C=O) groups is 1. The van der Waals surface area contributed by atoms with Crippen molar-refractivity contribution in [1.82, 2.24) is 9.88 Å². The molecule has 1 saturated heterocycles. The van der Waals surface area contributed by atoms with Crippen LogP contribution in [-0.2, 0) is 0 Å². The maximum Gasteiger partial charge on any atom is 0.274 e. The fourth-order valence-electron chi connectivity index (χ4n) is 3.62.